The van der Waals surface area contributed by atoms with Gasteiger partial charge < -0.3 is 0 Å². The molecule has 0 radical (unpaired) electrons. The molecule has 3 aromatic carbocycles. The van der Waals surface area contributed by atoms with E-state index in [1.165, 1.54) is 44.9 Å². The molecule has 0 spiro atoms. The van der Waals surface area contributed by atoms with Crippen LogP contribution in [-0.2, 0) is 6.42 Å². The summed E-state index contributed by atoms with van der Waals surface area (Å²) in [5.41, 5.74) is 4.79. The molecule has 0 bridgehead atoms. The second kappa shape index (κ2) is 15.8. The first-order valence-corrected chi connectivity index (χ1v) is 17.2. The standard InChI is InChI=1S/C41H49F3/c1-3-5-6-7-8-9-11-35-24-27-38(41(44)40(35)43)34-22-18-32(19-23-34)36-25-26-37(39(42)28-36)33-20-16-31(17-21-33)30-14-12-29(10-4-2)13-15-30/h4,10,18-20,22-31H,3,5-9,11-17,21H2,1-2H3. The van der Waals surface area contributed by atoms with Gasteiger partial charge in [-0.1, -0.05) is 106 Å². The number of halogens is 3. The molecule has 234 valence electrons. The minimum atomic E-state index is -0.791. The Hall–Kier alpha value is -3.07. The Labute approximate surface area is 263 Å². The molecular formula is C41H49F3. The van der Waals surface area contributed by atoms with Crippen LogP contribution >= 0.6 is 0 Å². The number of hydrogen-bond donors (Lipinski definition) is 0. The van der Waals surface area contributed by atoms with Crippen LogP contribution in [-0.4, -0.2) is 0 Å². The molecule has 2 aliphatic rings. The minimum Gasteiger partial charge on any atom is -0.206 e. The van der Waals surface area contributed by atoms with Crippen LogP contribution in [0, 0.1) is 35.2 Å². The van der Waals surface area contributed by atoms with Crippen LogP contribution in [0.15, 0.2) is 72.8 Å². The van der Waals surface area contributed by atoms with Crippen LogP contribution in [0.2, 0.25) is 0 Å². The average Bonchev–Trinajstić information content (AvgIpc) is 3.05. The summed E-state index contributed by atoms with van der Waals surface area (Å²) in [6.07, 6.45) is 22.5. The van der Waals surface area contributed by atoms with Crippen molar-refractivity contribution in [2.75, 3.05) is 0 Å². The molecule has 0 amide bonds. The summed E-state index contributed by atoms with van der Waals surface area (Å²) in [6.45, 7) is 4.30. The monoisotopic (exact) mass is 598 g/mol. The van der Waals surface area contributed by atoms with Crippen LogP contribution in [0.25, 0.3) is 27.8 Å². The van der Waals surface area contributed by atoms with Gasteiger partial charge in [0.2, 0.25) is 0 Å². The Morgan fingerprint density at radius 3 is 2.05 bits per heavy atom. The van der Waals surface area contributed by atoms with E-state index in [0.29, 0.717) is 23.1 Å². The molecule has 0 heterocycles. The number of unbranched alkanes of at least 4 members (excludes halogenated alkanes) is 5. The number of rotatable bonds is 12. The molecule has 3 aromatic rings. The Balaban J connectivity index is 1.20. The maximum absolute atomic E-state index is 15.4. The highest BCUT2D eigenvalue weighted by atomic mass is 19.2. The fourth-order valence-corrected chi connectivity index (χ4v) is 7.51. The van der Waals surface area contributed by atoms with E-state index in [-0.39, 0.29) is 11.4 Å². The van der Waals surface area contributed by atoms with E-state index >= 15 is 8.78 Å². The fraction of sp³-hybridized carbons (Fsp3) is 0.463. The second-order valence-corrected chi connectivity index (χ2v) is 13.2. The maximum atomic E-state index is 15.4. The topological polar surface area (TPSA) is 0 Å². The molecule has 0 N–H and O–H groups in total. The van der Waals surface area contributed by atoms with Gasteiger partial charge in [-0.15, -0.1) is 0 Å². The van der Waals surface area contributed by atoms with Crippen molar-refractivity contribution in [2.45, 2.75) is 104 Å². The van der Waals surface area contributed by atoms with Crippen molar-refractivity contribution in [3.05, 3.63) is 101 Å². The quantitative estimate of drug-likeness (QED) is 0.144. The van der Waals surface area contributed by atoms with Gasteiger partial charge in [0.25, 0.3) is 0 Å². The molecule has 44 heavy (non-hydrogen) atoms. The SMILES string of the molecule is CC=CC1CCC(C2CC=C(c3ccc(-c4ccc(-c5ccc(CCCCCCCC)c(F)c5F)cc4)cc3F)CC2)CC1. The Kier molecular flexibility index (Phi) is 11.6. The van der Waals surface area contributed by atoms with Gasteiger partial charge in [-0.25, -0.2) is 13.2 Å². The van der Waals surface area contributed by atoms with Crippen LogP contribution in [0.4, 0.5) is 13.2 Å². The van der Waals surface area contributed by atoms with Crippen LogP contribution in [0.3, 0.4) is 0 Å². The maximum Gasteiger partial charge on any atom is 0.166 e. The van der Waals surface area contributed by atoms with Crippen molar-refractivity contribution in [2.24, 2.45) is 17.8 Å². The molecular weight excluding hydrogens is 549 g/mol. The summed E-state index contributed by atoms with van der Waals surface area (Å²) in [7, 11) is 0. The minimum absolute atomic E-state index is 0.197. The highest BCUT2D eigenvalue weighted by molar-refractivity contribution is 5.74. The Morgan fingerprint density at radius 1 is 0.682 bits per heavy atom. The van der Waals surface area contributed by atoms with Crippen LogP contribution in [0.5, 0.6) is 0 Å². The van der Waals surface area contributed by atoms with E-state index < -0.39 is 11.6 Å². The van der Waals surface area contributed by atoms with Gasteiger partial charge in [0.05, 0.1) is 0 Å². The van der Waals surface area contributed by atoms with Crippen molar-refractivity contribution in [3.63, 3.8) is 0 Å². The smallest absolute Gasteiger partial charge is 0.166 e. The van der Waals surface area contributed by atoms with E-state index in [4.69, 9.17) is 0 Å². The molecule has 0 aliphatic heterocycles. The van der Waals surface area contributed by atoms with Gasteiger partial charge in [0, 0.05) is 11.1 Å². The van der Waals surface area contributed by atoms with E-state index in [1.807, 2.05) is 24.3 Å². The Morgan fingerprint density at radius 2 is 1.36 bits per heavy atom. The zero-order valence-electron chi connectivity index (χ0n) is 26.7. The molecule has 0 nitrogen and oxygen atoms in total. The zero-order valence-corrected chi connectivity index (χ0v) is 26.7. The van der Waals surface area contributed by atoms with Gasteiger partial charge in [-0.2, -0.15) is 0 Å². The number of aryl methyl sites for hydroxylation is 1. The molecule has 1 fully saturated rings. The zero-order chi connectivity index (χ0) is 30.9. The Bertz CT molecular complexity index is 1420. The van der Waals surface area contributed by atoms with Crippen LogP contribution < -0.4 is 0 Å². The van der Waals surface area contributed by atoms with Crippen molar-refractivity contribution in [1.82, 2.24) is 0 Å². The van der Waals surface area contributed by atoms with E-state index in [9.17, 15) is 4.39 Å². The lowest BCUT2D eigenvalue weighted by Crippen LogP contribution is -2.22. The van der Waals surface area contributed by atoms with Crippen molar-refractivity contribution in [1.29, 1.82) is 0 Å². The van der Waals surface area contributed by atoms with Crippen molar-refractivity contribution in [3.8, 4) is 22.3 Å². The van der Waals surface area contributed by atoms with E-state index in [0.717, 1.165) is 73.0 Å². The number of benzene rings is 3. The molecule has 3 heteroatoms. The first-order chi connectivity index (χ1) is 21.5. The predicted octanol–water partition coefficient (Wildman–Crippen LogP) is 12.9. The van der Waals surface area contributed by atoms with Gasteiger partial charge in [0.1, 0.15) is 5.82 Å². The summed E-state index contributed by atoms with van der Waals surface area (Å²) >= 11 is 0. The molecule has 1 saturated carbocycles. The summed E-state index contributed by atoms with van der Waals surface area (Å²) < 4.78 is 45.3. The fourth-order valence-electron chi connectivity index (χ4n) is 7.51. The molecule has 0 saturated heterocycles. The average molecular weight is 599 g/mol. The van der Waals surface area contributed by atoms with Crippen molar-refractivity contribution >= 4 is 5.57 Å². The van der Waals surface area contributed by atoms with Gasteiger partial charge >= 0.3 is 0 Å². The summed E-state index contributed by atoms with van der Waals surface area (Å²) in [5.74, 6) is 0.555. The molecule has 1 unspecified atom stereocenters. The third-order valence-corrected chi connectivity index (χ3v) is 10.2. The largest absolute Gasteiger partial charge is 0.206 e. The first kappa shape index (κ1) is 32.3. The van der Waals surface area contributed by atoms with Gasteiger partial charge in [-0.3, -0.25) is 0 Å². The molecule has 0 aromatic heterocycles. The second-order valence-electron chi connectivity index (χ2n) is 13.2. The van der Waals surface area contributed by atoms with Gasteiger partial charge in [0.15, 0.2) is 11.6 Å². The lowest BCUT2D eigenvalue weighted by molar-refractivity contribution is 0.212. The lowest BCUT2D eigenvalue weighted by atomic mass is 9.71. The van der Waals surface area contributed by atoms with E-state index in [2.05, 4.69) is 32.1 Å². The molecule has 2 aliphatic carbocycles. The third-order valence-electron chi connectivity index (χ3n) is 10.2. The van der Waals surface area contributed by atoms with Gasteiger partial charge in [-0.05, 0) is 116 Å². The molecule has 5 rings (SSSR count). The summed E-state index contributed by atoms with van der Waals surface area (Å²) in [6, 6.07) is 16.2. The van der Waals surface area contributed by atoms with E-state index in [1.54, 1.807) is 30.3 Å². The third kappa shape index (κ3) is 7.95. The lowest BCUT2D eigenvalue weighted by Gasteiger charge is -2.35. The van der Waals surface area contributed by atoms with Crippen LogP contribution in [0.1, 0.15) is 108 Å². The highest BCUT2D eigenvalue weighted by Crippen LogP contribution is 2.42. The summed E-state index contributed by atoms with van der Waals surface area (Å²) in [5, 5.41) is 0. The molecule has 1 atom stereocenters. The highest BCUT2D eigenvalue weighted by Gasteiger charge is 2.28. The summed E-state index contributed by atoms with van der Waals surface area (Å²) in [4.78, 5) is 0. The normalized spacial score (nSPS) is 20.7. The first-order valence-electron chi connectivity index (χ1n) is 17.2. The van der Waals surface area contributed by atoms with Crippen molar-refractivity contribution < 1.29 is 13.2 Å². The predicted molar refractivity (Wildman–Crippen MR) is 180 cm³/mol. The number of allylic oxidation sites excluding steroid dienone is 4. The number of hydrogen-bond acceptors (Lipinski definition) is 0.